The van der Waals surface area contributed by atoms with Crippen LogP contribution in [0.5, 0.6) is 0 Å². The zero-order valence-corrected chi connectivity index (χ0v) is 13.3. The van der Waals surface area contributed by atoms with E-state index in [1.165, 1.54) is 6.07 Å². The summed E-state index contributed by atoms with van der Waals surface area (Å²) in [4.78, 5) is 2.27. The Labute approximate surface area is 126 Å². The van der Waals surface area contributed by atoms with Crippen molar-refractivity contribution in [3.63, 3.8) is 0 Å². The largest absolute Gasteiger partial charge is 0.314 e. The summed E-state index contributed by atoms with van der Waals surface area (Å²) < 4.78 is 27.2. The van der Waals surface area contributed by atoms with Crippen LogP contribution in [0.2, 0.25) is 8.67 Å². The highest BCUT2D eigenvalue weighted by atomic mass is 35.5. The van der Waals surface area contributed by atoms with Crippen molar-refractivity contribution < 1.29 is 8.42 Å². The molecule has 0 bridgehead atoms. The molecule has 0 saturated carbocycles. The van der Waals surface area contributed by atoms with Crippen LogP contribution in [0, 0.1) is 0 Å². The van der Waals surface area contributed by atoms with Crippen molar-refractivity contribution in [1.82, 2.24) is 14.9 Å². The van der Waals surface area contributed by atoms with Gasteiger partial charge in [0.25, 0.3) is 0 Å². The number of piperazine rings is 1. The number of rotatable bonds is 5. The fourth-order valence-electron chi connectivity index (χ4n) is 1.86. The van der Waals surface area contributed by atoms with Gasteiger partial charge in [-0.2, -0.15) is 0 Å². The van der Waals surface area contributed by atoms with Crippen LogP contribution in [-0.4, -0.2) is 52.6 Å². The Morgan fingerprint density at radius 3 is 2.63 bits per heavy atom. The number of hydrogen-bond acceptors (Lipinski definition) is 5. The minimum atomic E-state index is -3.57. The number of hydrogen-bond donors (Lipinski definition) is 2. The highest BCUT2D eigenvalue weighted by Gasteiger charge is 2.21. The number of nitrogens with one attached hydrogen (secondary N) is 2. The van der Waals surface area contributed by atoms with Crippen molar-refractivity contribution in [1.29, 1.82) is 0 Å². The third-order valence-corrected chi connectivity index (χ3v) is 6.06. The van der Waals surface area contributed by atoms with E-state index < -0.39 is 10.0 Å². The van der Waals surface area contributed by atoms with Crippen LogP contribution in [0.4, 0.5) is 0 Å². The Balaban J connectivity index is 1.89. The van der Waals surface area contributed by atoms with Gasteiger partial charge >= 0.3 is 0 Å². The first-order valence-electron chi connectivity index (χ1n) is 5.86. The summed E-state index contributed by atoms with van der Waals surface area (Å²) in [6.07, 6.45) is 0. The molecule has 1 saturated heterocycles. The van der Waals surface area contributed by atoms with Gasteiger partial charge in [0.05, 0.1) is 4.34 Å². The van der Waals surface area contributed by atoms with Gasteiger partial charge in [0, 0.05) is 39.3 Å². The standard InChI is InChI=1S/C10H15Cl2N3O2S2/c11-9-7-8(10(12)18-9)19(16,17)14-3-6-15-4-1-13-2-5-15/h7,13-14H,1-6H2. The molecule has 0 atom stereocenters. The van der Waals surface area contributed by atoms with E-state index >= 15 is 0 Å². The van der Waals surface area contributed by atoms with E-state index in [4.69, 9.17) is 23.2 Å². The predicted molar refractivity (Wildman–Crippen MR) is 78.8 cm³/mol. The summed E-state index contributed by atoms with van der Waals surface area (Å²) in [5.74, 6) is 0. The van der Waals surface area contributed by atoms with Crippen LogP contribution in [0.1, 0.15) is 0 Å². The maximum Gasteiger partial charge on any atom is 0.243 e. The predicted octanol–water partition coefficient (Wildman–Crippen LogP) is 1.24. The van der Waals surface area contributed by atoms with Gasteiger partial charge in [-0.05, 0) is 6.07 Å². The van der Waals surface area contributed by atoms with Crippen molar-refractivity contribution >= 4 is 44.6 Å². The quantitative estimate of drug-likeness (QED) is 0.844. The molecule has 1 aliphatic heterocycles. The van der Waals surface area contributed by atoms with Crippen LogP contribution in [0.15, 0.2) is 11.0 Å². The molecular formula is C10H15Cl2N3O2S2. The molecule has 0 amide bonds. The minimum absolute atomic E-state index is 0.0597. The molecule has 2 rings (SSSR count). The van der Waals surface area contributed by atoms with Gasteiger partial charge in [0.2, 0.25) is 10.0 Å². The van der Waals surface area contributed by atoms with Crippen molar-refractivity contribution in [3.8, 4) is 0 Å². The zero-order chi connectivity index (χ0) is 13.9. The van der Waals surface area contributed by atoms with Gasteiger partial charge in [0.1, 0.15) is 9.23 Å². The first kappa shape index (κ1) is 15.5. The van der Waals surface area contributed by atoms with Gasteiger partial charge in [-0.25, -0.2) is 13.1 Å². The fourth-order valence-corrected chi connectivity index (χ4v) is 5.03. The van der Waals surface area contributed by atoms with Gasteiger partial charge in [0.15, 0.2) is 0 Å². The minimum Gasteiger partial charge on any atom is -0.314 e. The molecule has 0 aromatic carbocycles. The smallest absolute Gasteiger partial charge is 0.243 e. The van der Waals surface area contributed by atoms with Crippen molar-refractivity contribution in [2.24, 2.45) is 0 Å². The second-order valence-electron chi connectivity index (χ2n) is 4.18. The Morgan fingerprint density at radius 1 is 1.37 bits per heavy atom. The zero-order valence-electron chi connectivity index (χ0n) is 10.2. The Hall–Kier alpha value is 0.110. The van der Waals surface area contributed by atoms with Gasteiger partial charge in [-0.3, -0.25) is 4.90 Å². The van der Waals surface area contributed by atoms with Crippen LogP contribution in [0.25, 0.3) is 0 Å². The Kier molecular flexibility index (Phi) is 5.47. The number of thiophene rings is 1. The van der Waals surface area contributed by atoms with Crippen molar-refractivity contribution in [3.05, 3.63) is 14.7 Å². The number of sulfonamides is 1. The molecule has 1 aliphatic rings. The van der Waals surface area contributed by atoms with E-state index in [2.05, 4.69) is 14.9 Å². The topological polar surface area (TPSA) is 61.4 Å². The van der Waals surface area contributed by atoms with Crippen LogP contribution >= 0.6 is 34.5 Å². The summed E-state index contributed by atoms with van der Waals surface area (Å²) >= 11 is 12.7. The summed E-state index contributed by atoms with van der Waals surface area (Å²) in [6, 6.07) is 1.38. The summed E-state index contributed by atoms with van der Waals surface area (Å²) in [7, 11) is -3.57. The van der Waals surface area contributed by atoms with E-state index in [0.717, 1.165) is 37.5 Å². The van der Waals surface area contributed by atoms with Crippen LogP contribution in [-0.2, 0) is 10.0 Å². The van der Waals surface area contributed by atoms with Crippen LogP contribution < -0.4 is 10.0 Å². The highest BCUT2D eigenvalue weighted by Crippen LogP contribution is 2.33. The lowest BCUT2D eigenvalue weighted by Crippen LogP contribution is -2.46. The third-order valence-electron chi connectivity index (χ3n) is 2.84. The second-order valence-corrected chi connectivity index (χ2v) is 8.20. The Morgan fingerprint density at radius 2 is 2.05 bits per heavy atom. The van der Waals surface area contributed by atoms with Crippen LogP contribution in [0.3, 0.4) is 0 Å². The SMILES string of the molecule is O=S(=O)(NCCN1CCNCC1)c1cc(Cl)sc1Cl. The highest BCUT2D eigenvalue weighted by molar-refractivity contribution is 7.89. The number of halogens is 2. The molecule has 0 unspecified atom stereocenters. The van der Waals surface area contributed by atoms with Gasteiger partial charge in [-0.1, -0.05) is 23.2 Å². The lowest BCUT2D eigenvalue weighted by atomic mass is 10.3. The molecular weight excluding hydrogens is 329 g/mol. The van der Waals surface area contributed by atoms with E-state index in [1.54, 1.807) is 0 Å². The average molecular weight is 344 g/mol. The maximum absolute atomic E-state index is 12.0. The molecule has 0 spiro atoms. The van der Waals surface area contributed by atoms with Crippen molar-refractivity contribution in [2.45, 2.75) is 4.90 Å². The second kappa shape index (κ2) is 6.71. The first-order valence-corrected chi connectivity index (χ1v) is 8.92. The molecule has 5 nitrogen and oxygen atoms in total. The number of nitrogens with zero attached hydrogens (tertiary/aromatic N) is 1. The molecule has 0 radical (unpaired) electrons. The average Bonchev–Trinajstić information content (AvgIpc) is 2.70. The monoisotopic (exact) mass is 343 g/mol. The normalized spacial score (nSPS) is 17.8. The lowest BCUT2D eigenvalue weighted by Gasteiger charge is -2.27. The maximum atomic E-state index is 12.0. The molecule has 9 heteroatoms. The first-order chi connectivity index (χ1) is 8.99. The van der Waals surface area contributed by atoms with E-state index in [-0.39, 0.29) is 9.23 Å². The molecule has 1 fully saturated rings. The molecule has 108 valence electrons. The summed E-state index contributed by atoms with van der Waals surface area (Å²) in [5, 5.41) is 3.25. The summed E-state index contributed by atoms with van der Waals surface area (Å²) in [5.41, 5.74) is 0. The van der Waals surface area contributed by atoms with Gasteiger partial charge < -0.3 is 5.32 Å². The molecule has 2 heterocycles. The summed E-state index contributed by atoms with van der Waals surface area (Å²) in [6.45, 7) is 4.82. The Bertz CT molecular complexity index is 527. The van der Waals surface area contributed by atoms with Crippen molar-refractivity contribution in [2.75, 3.05) is 39.3 Å². The fraction of sp³-hybridized carbons (Fsp3) is 0.600. The molecule has 1 aromatic rings. The lowest BCUT2D eigenvalue weighted by molar-refractivity contribution is 0.245. The molecule has 19 heavy (non-hydrogen) atoms. The van der Waals surface area contributed by atoms with E-state index in [9.17, 15) is 8.42 Å². The van der Waals surface area contributed by atoms with E-state index in [1.807, 2.05) is 0 Å². The van der Waals surface area contributed by atoms with E-state index in [0.29, 0.717) is 17.4 Å². The third kappa shape index (κ3) is 4.29. The molecule has 0 aliphatic carbocycles. The molecule has 2 N–H and O–H groups in total. The molecule has 1 aromatic heterocycles. The van der Waals surface area contributed by atoms with Gasteiger partial charge in [-0.15, -0.1) is 11.3 Å².